The summed E-state index contributed by atoms with van der Waals surface area (Å²) in [6, 6.07) is 10.4. The second-order valence-electron chi connectivity index (χ2n) is 7.12. The maximum atomic E-state index is 6.09. The fourth-order valence-corrected chi connectivity index (χ4v) is 4.15. The second-order valence-corrected chi connectivity index (χ2v) is 7.12. The minimum absolute atomic E-state index is 0.429. The Balaban J connectivity index is 1.72. The monoisotopic (exact) mass is 272 g/mol. The predicted molar refractivity (Wildman–Crippen MR) is 84.6 cm³/mol. The van der Waals surface area contributed by atoms with Crippen molar-refractivity contribution in [2.45, 2.75) is 51.6 Å². The van der Waals surface area contributed by atoms with Crippen molar-refractivity contribution >= 4 is 0 Å². The quantitative estimate of drug-likeness (QED) is 0.890. The Bertz CT molecular complexity index is 437. The van der Waals surface area contributed by atoms with Crippen LogP contribution in [-0.2, 0) is 6.42 Å². The van der Waals surface area contributed by atoms with Gasteiger partial charge < -0.3 is 5.73 Å². The molecule has 0 spiro atoms. The Morgan fingerprint density at radius 1 is 1.20 bits per heavy atom. The van der Waals surface area contributed by atoms with Crippen molar-refractivity contribution in [1.82, 2.24) is 4.90 Å². The zero-order valence-corrected chi connectivity index (χ0v) is 12.9. The van der Waals surface area contributed by atoms with Crippen LogP contribution in [-0.4, -0.2) is 24.0 Å². The van der Waals surface area contributed by atoms with Crippen LogP contribution in [0.25, 0.3) is 0 Å². The molecule has 3 atom stereocenters. The molecule has 2 bridgehead atoms. The van der Waals surface area contributed by atoms with Gasteiger partial charge in [-0.1, -0.05) is 38.1 Å². The molecule has 1 saturated carbocycles. The lowest BCUT2D eigenvalue weighted by Crippen LogP contribution is -2.39. The normalized spacial score (nSPS) is 27.4. The number of hydrogen-bond donors (Lipinski definition) is 1. The summed E-state index contributed by atoms with van der Waals surface area (Å²) in [4.78, 5) is 2.67. The van der Waals surface area contributed by atoms with E-state index in [-0.39, 0.29) is 0 Å². The molecule has 20 heavy (non-hydrogen) atoms. The van der Waals surface area contributed by atoms with Gasteiger partial charge in [-0.2, -0.15) is 0 Å². The molecule has 0 amide bonds. The molecular formula is C18H28N2. The first-order valence-corrected chi connectivity index (χ1v) is 8.22. The number of likely N-dealkylation sites (tertiary alicyclic amines) is 1. The van der Waals surface area contributed by atoms with Crippen LogP contribution in [0, 0.1) is 11.8 Å². The minimum Gasteiger partial charge on any atom is -0.329 e. The number of nitrogens with zero attached hydrogens (tertiary/aromatic N) is 1. The smallest absolute Gasteiger partial charge is 0.0473 e. The zero-order valence-electron chi connectivity index (χ0n) is 12.9. The van der Waals surface area contributed by atoms with Gasteiger partial charge in [0.1, 0.15) is 0 Å². The Hall–Kier alpha value is -0.860. The second kappa shape index (κ2) is 5.87. The third-order valence-corrected chi connectivity index (χ3v) is 5.08. The molecule has 2 N–H and O–H groups in total. The maximum Gasteiger partial charge on any atom is 0.0473 e. The number of piperidine rings is 1. The number of rotatable bonds is 5. The van der Waals surface area contributed by atoms with Crippen LogP contribution >= 0.6 is 0 Å². The van der Waals surface area contributed by atoms with Gasteiger partial charge in [-0.15, -0.1) is 0 Å². The van der Waals surface area contributed by atoms with Crippen molar-refractivity contribution < 1.29 is 0 Å². The summed E-state index contributed by atoms with van der Waals surface area (Å²) in [5, 5.41) is 0. The molecule has 1 aliphatic heterocycles. The average molecular weight is 272 g/mol. The SMILES string of the molecule is CC(C)Cc1ccc(C(CN)N2CC3CCC2C3)cc1. The van der Waals surface area contributed by atoms with Crippen molar-refractivity contribution in [2.75, 3.05) is 13.1 Å². The first-order chi connectivity index (χ1) is 9.67. The fourth-order valence-electron chi connectivity index (χ4n) is 4.15. The van der Waals surface area contributed by atoms with E-state index in [9.17, 15) is 0 Å². The lowest BCUT2D eigenvalue weighted by atomic mass is 9.97. The molecule has 1 saturated heterocycles. The Morgan fingerprint density at radius 2 is 1.95 bits per heavy atom. The molecule has 110 valence electrons. The van der Waals surface area contributed by atoms with Gasteiger partial charge in [-0.05, 0) is 48.6 Å². The first-order valence-electron chi connectivity index (χ1n) is 8.22. The van der Waals surface area contributed by atoms with Gasteiger partial charge in [0.05, 0.1) is 0 Å². The Labute approximate surface area is 123 Å². The number of hydrogen-bond acceptors (Lipinski definition) is 2. The van der Waals surface area contributed by atoms with Crippen LogP contribution in [0.15, 0.2) is 24.3 Å². The lowest BCUT2D eigenvalue weighted by Gasteiger charge is -2.34. The molecule has 2 aliphatic rings. The van der Waals surface area contributed by atoms with Crippen molar-refractivity contribution in [3.8, 4) is 0 Å². The van der Waals surface area contributed by atoms with E-state index in [1.54, 1.807) is 0 Å². The number of benzene rings is 1. The van der Waals surface area contributed by atoms with Crippen LogP contribution in [0.4, 0.5) is 0 Å². The third kappa shape index (κ3) is 2.77. The summed E-state index contributed by atoms with van der Waals surface area (Å²) in [6.45, 7) is 6.56. The minimum atomic E-state index is 0.429. The van der Waals surface area contributed by atoms with E-state index in [0.717, 1.165) is 24.4 Å². The molecule has 2 heteroatoms. The van der Waals surface area contributed by atoms with E-state index < -0.39 is 0 Å². The molecule has 3 rings (SSSR count). The molecule has 3 unspecified atom stereocenters. The summed E-state index contributed by atoms with van der Waals surface area (Å²) in [5.74, 6) is 1.66. The summed E-state index contributed by atoms with van der Waals surface area (Å²) < 4.78 is 0. The van der Waals surface area contributed by atoms with Gasteiger partial charge >= 0.3 is 0 Å². The summed E-state index contributed by atoms with van der Waals surface area (Å²) >= 11 is 0. The highest BCUT2D eigenvalue weighted by Gasteiger charge is 2.40. The highest BCUT2D eigenvalue weighted by Crippen LogP contribution is 2.41. The van der Waals surface area contributed by atoms with Gasteiger partial charge in [0, 0.05) is 25.2 Å². The van der Waals surface area contributed by atoms with Crippen LogP contribution < -0.4 is 5.73 Å². The average Bonchev–Trinajstić information content (AvgIpc) is 3.03. The largest absolute Gasteiger partial charge is 0.329 e. The summed E-state index contributed by atoms with van der Waals surface area (Å²) in [6.07, 6.45) is 5.39. The molecule has 1 aromatic carbocycles. The molecule has 2 nitrogen and oxygen atoms in total. The van der Waals surface area contributed by atoms with E-state index in [0.29, 0.717) is 6.04 Å². The van der Waals surface area contributed by atoms with Crippen molar-refractivity contribution in [2.24, 2.45) is 17.6 Å². The molecule has 0 radical (unpaired) electrons. The maximum absolute atomic E-state index is 6.09. The molecule has 0 aromatic heterocycles. The summed E-state index contributed by atoms with van der Waals surface area (Å²) in [5.41, 5.74) is 8.95. The zero-order chi connectivity index (χ0) is 14.1. The standard InChI is InChI=1S/C18H28N2/c1-13(2)9-14-3-6-16(7-4-14)18(11-19)20-12-15-5-8-17(20)10-15/h3-4,6-7,13,15,17-18H,5,8-12,19H2,1-2H3. The Morgan fingerprint density at radius 3 is 2.45 bits per heavy atom. The summed E-state index contributed by atoms with van der Waals surface area (Å²) in [7, 11) is 0. The highest BCUT2D eigenvalue weighted by atomic mass is 15.2. The Kier molecular flexibility index (Phi) is 4.13. The first kappa shape index (κ1) is 14.1. The van der Waals surface area contributed by atoms with Gasteiger partial charge in [0.15, 0.2) is 0 Å². The van der Waals surface area contributed by atoms with E-state index >= 15 is 0 Å². The van der Waals surface area contributed by atoms with Gasteiger partial charge in [0.25, 0.3) is 0 Å². The number of nitrogens with two attached hydrogens (primary N) is 1. The van der Waals surface area contributed by atoms with Crippen molar-refractivity contribution in [1.29, 1.82) is 0 Å². The topological polar surface area (TPSA) is 29.3 Å². The molecule has 1 aromatic rings. The van der Waals surface area contributed by atoms with Crippen molar-refractivity contribution in [3.63, 3.8) is 0 Å². The van der Waals surface area contributed by atoms with Crippen molar-refractivity contribution in [3.05, 3.63) is 35.4 Å². The highest BCUT2D eigenvalue weighted by molar-refractivity contribution is 5.26. The van der Waals surface area contributed by atoms with E-state index in [1.807, 2.05) is 0 Å². The van der Waals surface area contributed by atoms with E-state index in [1.165, 1.54) is 43.4 Å². The third-order valence-electron chi connectivity index (χ3n) is 5.08. The van der Waals surface area contributed by atoms with E-state index in [4.69, 9.17) is 5.73 Å². The lowest BCUT2D eigenvalue weighted by molar-refractivity contribution is 0.153. The van der Waals surface area contributed by atoms with Crippen LogP contribution in [0.2, 0.25) is 0 Å². The van der Waals surface area contributed by atoms with Crippen LogP contribution in [0.1, 0.15) is 50.3 Å². The number of fused-ring (bicyclic) bond motifs is 2. The molecule has 1 heterocycles. The predicted octanol–water partition coefficient (Wildman–Crippen LogP) is 3.37. The van der Waals surface area contributed by atoms with Gasteiger partial charge in [-0.25, -0.2) is 0 Å². The van der Waals surface area contributed by atoms with Gasteiger partial charge in [-0.3, -0.25) is 4.90 Å². The molecule has 1 aliphatic carbocycles. The molecule has 2 fully saturated rings. The van der Waals surface area contributed by atoms with E-state index in [2.05, 4.69) is 43.0 Å². The van der Waals surface area contributed by atoms with Crippen LogP contribution in [0.3, 0.4) is 0 Å². The molecular weight excluding hydrogens is 244 g/mol. The van der Waals surface area contributed by atoms with Gasteiger partial charge in [0.2, 0.25) is 0 Å². The van der Waals surface area contributed by atoms with Crippen LogP contribution in [0.5, 0.6) is 0 Å². The fraction of sp³-hybridized carbons (Fsp3) is 0.667.